The summed E-state index contributed by atoms with van der Waals surface area (Å²) in [6, 6.07) is 6.11. The fourth-order valence-electron chi connectivity index (χ4n) is 1.78. The van der Waals surface area contributed by atoms with Crippen molar-refractivity contribution in [3.8, 4) is 6.07 Å². The van der Waals surface area contributed by atoms with E-state index in [4.69, 9.17) is 11.0 Å². The van der Waals surface area contributed by atoms with Crippen molar-refractivity contribution >= 4 is 15.7 Å². The summed E-state index contributed by atoms with van der Waals surface area (Å²) in [5.74, 6) is 0. The maximum atomic E-state index is 12.4. The summed E-state index contributed by atoms with van der Waals surface area (Å²) in [6.07, 6.45) is 0. The Morgan fingerprint density at radius 3 is 2.42 bits per heavy atom. The minimum atomic E-state index is -3.68. The number of sulfonamides is 1. The van der Waals surface area contributed by atoms with Crippen LogP contribution in [-0.2, 0) is 10.0 Å². The van der Waals surface area contributed by atoms with Crippen molar-refractivity contribution in [2.45, 2.75) is 25.7 Å². The fraction of sp³-hybridized carbons (Fsp3) is 0.462. The Hall–Kier alpha value is -1.58. The van der Waals surface area contributed by atoms with Gasteiger partial charge in [0.15, 0.2) is 0 Å². The number of nitrogens with two attached hydrogens (primary N) is 1. The summed E-state index contributed by atoms with van der Waals surface area (Å²) in [5, 5.41) is 9.03. The average Bonchev–Trinajstić information content (AvgIpc) is 2.26. The molecule has 6 heteroatoms. The van der Waals surface area contributed by atoms with Gasteiger partial charge in [-0.15, -0.1) is 0 Å². The van der Waals surface area contributed by atoms with Crippen LogP contribution in [0, 0.1) is 16.7 Å². The number of benzene rings is 1. The maximum Gasteiger partial charge on any atom is 0.244 e. The molecular weight excluding hydrogens is 262 g/mol. The lowest BCUT2D eigenvalue weighted by Crippen LogP contribution is -2.34. The van der Waals surface area contributed by atoms with Gasteiger partial charge >= 0.3 is 0 Å². The summed E-state index contributed by atoms with van der Waals surface area (Å²) in [7, 11) is -2.16. The lowest BCUT2D eigenvalue weighted by Gasteiger charge is -2.26. The number of nitrogen functional groups attached to an aromatic ring is 1. The van der Waals surface area contributed by atoms with Crippen LogP contribution in [0.2, 0.25) is 0 Å². The fourth-order valence-corrected chi connectivity index (χ4v) is 3.30. The smallest absolute Gasteiger partial charge is 0.244 e. The zero-order valence-corrected chi connectivity index (χ0v) is 12.5. The van der Waals surface area contributed by atoms with Gasteiger partial charge in [-0.3, -0.25) is 0 Å². The third-order valence-electron chi connectivity index (χ3n) is 2.51. The number of anilines is 1. The Morgan fingerprint density at radius 2 is 1.95 bits per heavy atom. The lowest BCUT2D eigenvalue weighted by atomic mass is 9.97. The van der Waals surface area contributed by atoms with Gasteiger partial charge in [-0.25, -0.2) is 12.7 Å². The highest BCUT2D eigenvalue weighted by molar-refractivity contribution is 7.89. The molecule has 19 heavy (non-hydrogen) atoms. The summed E-state index contributed by atoms with van der Waals surface area (Å²) >= 11 is 0. The molecule has 0 fully saturated rings. The first kappa shape index (κ1) is 15.5. The number of rotatable bonds is 3. The van der Waals surface area contributed by atoms with Crippen molar-refractivity contribution in [3.63, 3.8) is 0 Å². The summed E-state index contributed by atoms with van der Waals surface area (Å²) in [6.45, 7) is 6.22. The lowest BCUT2D eigenvalue weighted by molar-refractivity contribution is 0.310. The molecular formula is C13H19N3O2S. The molecule has 0 bridgehead atoms. The van der Waals surface area contributed by atoms with Crippen LogP contribution in [0.3, 0.4) is 0 Å². The topological polar surface area (TPSA) is 87.2 Å². The minimum Gasteiger partial charge on any atom is -0.399 e. The van der Waals surface area contributed by atoms with Gasteiger partial charge in [0.25, 0.3) is 0 Å². The molecule has 0 atom stereocenters. The van der Waals surface area contributed by atoms with E-state index in [1.807, 2.05) is 26.8 Å². The molecule has 1 aromatic carbocycles. The van der Waals surface area contributed by atoms with Gasteiger partial charge in [0.1, 0.15) is 11.0 Å². The van der Waals surface area contributed by atoms with E-state index in [1.54, 1.807) is 0 Å². The largest absolute Gasteiger partial charge is 0.399 e. The molecule has 0 unspecified atom stereocenters. The number of hydrogen-bond acceptors (Lipinski definition) is 4. The Labute approximate surface area is 114 Å². The predicted molar refractivity (Wildman–Crippen MR) is 74.8 cm³/mol. The van der Waals surface area contributed by atoms with E-state index in [0.717, 1.165) is 0 Å². The van der Waals surface area contributed by atoms with Crippen LogP contribution in [-0.4, -0.2) is 26.3 Å². The van der Waals surface area contributed by atoms with Crippen molar-refractivity contribution in [1.29, 1.82) is 5.26 Å². The zero-order chi connectivity index (χ0) is 14.8. The van der Waals surface area contributed by atoms with E-state index in [2.05, 4.69) is 0 Å². The minimum absolute atomic E-state index is 0.00375. The van der Waals surface area contributed by atoms with Gasteiger partial charge < -0.3 is 5.73 Å². The van der Waals surface area contributed by atoms with Gasteiger partial charge in [-0.2, -0.15) is 5.26 Å². The quantitative estimate of drug-likeness (QED) is 0.856. The number of hydrogen-bond donors (Lipinski definition) is 1. The van der Waals surface area contributed by atoms with Crippen LogP contribution >= 0.6 is 0 Å². The van der Waals surface area contributed by atoms with Crippen LogP contribution in [0.1, 0.15) is 26.3 Å². The molecule has 1 aromatic rings. The van der Waals surface area contributed by atoms with E-state index in [9.17, 15) is 8.42 Å². The number of nitriles is 1. The maximum absolute atomic E-state index is 12.4. The molecule has 0 amide bonds. The van der Waals surface area contributed by atoms with E-state index in [1.165, 1.54) is 29.6 Å². The van der Waals surface area contributed by atoms with Gasteiger partial charge in [0.2, 0.25) is 10.0 Å². The second kappa shape index (κ2) is 5.19. The molecule has 0 aliphatic carbocycles. The highest BCUT2D eigenvalue weighted by Crippen LogP contribution is 2.24. The van der Waals surface area contributed by atoms with E-state index in [0.29, 0.717) is 12.2 Å². The van der Waals surface area contributed by atoms with Crippen molar-refractivity contribution in [2.24, 2.45) is 5.41 Å². The van der Waals surface area contributed by atoms with Crippen LogP contribution in [0.5, 0.6) is 0 Å². The summed E-state index contributed by atoms with van der Waals surface area (Å²) in [5.41, 5.74) is 5.84. The molecule has 0 aliphatic heterocycles. The highest BCUT2D eigenvalue weighted by atomic mass is 32.2. The first-order chi connectivity index (χ1) is 8.58. The first-order valence-electron chi connectivity index (χ1n) is 5.84. The monoisotopic (exact) mass is 281 g/mol. The van der Waals surface area contributed by atoms with Crippen LogP contribution in [0.25, 0.3) is 0 Å². The Balaban J connectivity index is 3.25. The van der Waals surface area contributed by atoms with Gasteiger partial charge in [0, 0.05) is 19.3 Å². The molecule has 0 heterocycles. The second-order valence-electron chi connectivity index (χ2n) is 5.69. The first-order valence-corrected chi connectivity index (χ1v) is 7.28. The third kappa shape index (κ3) is 3.69. The zero-order valence-electron chi connectivity index (χ0n) is 11.6. The van der Waals surface area contributed by atoms with E-state index >= 15 is 0 Å². The van der Waals surface area contributed by atoms with Crippen LogP contribution in [0.15, 0.2) is 23.1 Å². The van der Waals surface area contributed by atoms with E-state index in [-0.39, 0.29) is 15.9 Å². The highest BCUT2D eigenvalue weighted by Gasteiger charge is 2.27. The Morgan fingerprint density at radius 1 is 1.37 bits per heavy atom. The second-order valence-corrected chi connectivity index (χ2v) is 7.70. The SMILES string of the molecule is CN(CC(C)(C)C)S(=O)(=O)c1ccc(N)cc1C#N. The molecule has 2 N–H and O–H groups in total. The average molecular weight is 281 g/mol. The van der Waals surface area contributed by atoms with E-state index < -0.39 is 10.0 Å². The molecule has 0 spiro atoms. The van der Waals surface area contributed by atoms with Crippen LogP contribution < -0.4 is 5.73 Å². The standard InChI is InChI=1S/C13H19N3O2S/c1-13(2,3)9-16(4)19(17,18)12-6-5-11(15)7-10(12)8-14/h5-7H,9,15H2,1-4H3. The van der Waals surface area contributed by atoms with Crippen LogP contribution in [0.4, 0.5) is 5.69 Å². The van der Waals surface area contributed by atoms with Gasteiger partial charge in [-0.05, 0) is 23.6 Å². The third-order valence-corrected chi connectivity index (χ3v) is 4.37. The van der Waals surface area contributed by atoms with Crippen molar-refractivity contribution in [2.75, 3.05) is 19.3 Å². The van der Waals surface area contributed by atoms with Gasteiger partial charge in [0.05, 0.1) is 5.56 Å². The van der Waals surface area contributed by atoms with Crippen molar-refractivity contribution in [3.05, 3.63) is 23.8 Å². The van der Waals surface area contributed by atoms with Crippen molar-refractivity contribution in [1.82, 2.24) is 4.31 Å². The molecule has 0 aliphatic rings. The van der Waals surface area contributed by atoms with Crippen molar-refractivity contribution < 1.29 is 8.42 Å². The summed E-state index contributed by atoms with van der Waals surface area (Å²) in [4.78, 5) is -0.00375. The summed E-state index contributed by atoms with van der Waals surface area (Å²) < 4.78 is 26.1. The normalized spacial score (nSPS) is 12.4. The molecule has 1 rings (SSSR count). The Bertz CT molecular complexity index is 610. The molecule has 104 valence electrons. The van der Waals surface area contributed by atoms with Gasteiger partial charge in [-0.1, -0.05) is 20.8 Å². The predicted octanol–water partition coefficient (Wildman–Crippen LogP) is 1.81. The molecule has 0 radical (unpaired) electrons. The Kier molecular flexibility index (Phi) is 4.23. The molecule has 0 saturated carbocycles. The molecule has 0 saturated heterocycles. The molecule has 5 nitrogen and oxygen atoms in total. The molecule has 0 aromatic heterocycles. The number of nitrogens with zero attached hydrogens (tertiary/aromatic N) is 2.